The third kappa shape index (κ3) is 6.53. The molecule has 2 atom stereocenters. The maximum Gasteiger partial charge on any atom is 0.241 e. The zero-order chi connectivity index (χ0) is 20.6. The molecule has 158 valence electrons. The summed E-state index contributed by atoms with van der Waals surface area (Å²) in [5.41, 5.74) is 11.7. The van der Waals surface area contributed by atoms with Crippen LogP contribution in [0.3, 0.4) is 0 Å². The molecule has 1 heterocycles. The minimum atomic E-state index is -3.47. The molecule has 11 heteroatoms. The van der Waals surface area contributed by atoms with Crippen molar-refractivity contribution in [3.8, 4) is 6.07 Å². The summed E-state index contributed by atoms with van der Waals surface area (Å²) in [7, 11) is -3.47. The Hall–Kier alpha value is -1.51. The van der Waals surface area contributed by atoms with Crippen LogP contribution in [0, 0.1) is 11.3 Å². The fourth-order valence-electron chi connectivity index (χ4n) is 3.42. The summed E-state index contributed by atoms with van der Waals surface area (Å²) in [6, 6.07) is 1.09. The van der Waals surface area contributed by atoms with E-state index in [-0.39, 0.29) is 17.1 Å². The molecule has 0 aromatic heterocycles. The Morgan fingerprint density at radius 3 is 2.71 bits per heavy atom. The predicted molar refractivity (Wildman–Crippen MR) is 111 cm³/mol. The van der Waals surface area contributed by atoms with Crippen LogP contribution >= 0.6 is 11.8 Å². The van der Waals surface area contributed by atoms with Gasteiger partial charge in [0.2, 0.25) is 21.9 Å². The normalized spacial score (nSPS) is 22.6. The second kappa shape index (κ2) is 10.9. The number of carbonyl (C=O) groups excluding carboxylic acids is 1. The fraction of sp³-hybridized carbons (Fsp3) is 0.824. The summed E-state index contributed by atoms with van der Waals surface area (Å²) in [5.74, 6) is 0.851. The van der Waals surface area contributed by atoms with Crippen LogP contribution in [0.15, 0.2) is 4.99 Å². The third-order valence-corrected chi connectivity index (χ3v) is 7.93. The molecule has 2 fully saturated rings. The van der Waals surface area contributed by atoms with E-state index in [9.17, 15) is 13.2 Å². The molecule has 2 aliphatic rings. The van der Waals surface area contributed by atoms with Crippen molar-refractivity contribution in [3.05, 3.63) is 0 Å². The van der Waals surface area contributed by atoms with Crippen LogP contribution in [-0.2, 0) is 14.8 Å². The van der Waals surface area contributed by atoms with Crippen LogP contribution in [0.1, 0.15) is 51.4 Å². The van der Waals surface area contributed by atoms with Gasteiger partial charge in [-0.25, -0.2) is 8.42 Å². The maximum atomic E-state index is 12.3. The van der Waals surface area contributed by atoms with Crippen LogP contribution < -0.4 is 16.2 Å². The average molecular weight is 431 g/mol. The highest BCUT2D eigenvalue weighted by Crippen LogP contribution is 2.23. The molecule has 0 spiro atoms. The lowest BCUT2D eigenvalue weighted by Gasteiger charge is -2.22. The van der Waals surface area contributed by atoms with E-state index in [1.807, 2.05) is 0 Å². The summed E-state index contributed by atoms with van der Waals surface area (Å²) in [6.07, 6.45) is 6.04. The van der Waals surface area contributed by atoms with E-state index in [0.29, 0.717) is 50.3 Å². The van der Waals surface area contributed by atoms with Crippen molar-refractivity contribution in [2.24, 2.45) is 16.5 Å². The van der Waals surface area contributed by atoms with Crippen LogP contribution in [0.2, 0.25) is 0 Å². The van der Waals surface area contributed by atoms with Crippen molar-refractivity contribution in [1.82, 2.24) is 9.62 Å². The van der Waals surface area contributed by atoms with Gasteiger partial charge in [-0.2, -0.15) is 5.26 Å². The first-order valence-corrected chi connectivity index (χ1v) is 12.4. The number of guanidine groups is 1. The van der Waals surface area contributed by atoms with E-state index >= 15 is 0 Å². The molecule has 28 heavy (non-hydrogen) atoms. The lowest BCUT2D eigenvalue weighted by molar-refractivity contribution is -0.132. The van der Waals surface area contributed by atoms with E-state index in [2.05, 4.69) is 15.8 Å². The minimum absolute atomic E-state index is 0.0862. The Bertz CT molecular complexity index is 700. The van der Waals surface area contributed by atoms with Gasteiger partial charge >= 0.3 is 0 Å². The van der Waals surface area contributed by atoms with Crippen LogP contribution in [0.5, 0.6) is 0 Å². The molecule has 1 saturated carbocycles. The molecule has 0 aromatic rings. The summed E-state index contributed by atoms with van der Waals surface area (Å²) in [4.78, 5) is 17.9. The van der Waals surface area contributed by atoms with Gasteiger partial charge in [0.25, 0.3) is 0 Å². The molecular formula is C17H30N6O3S2. The molecule has 2 rings (SSSR count). The standard InChI is InChI=1S/C17H30N6O3S2/c18-10-13-11-27-12-23(13)16(24)15(19)8-4-5-9-21-17(20)22-28(25,26)14-6-2-1-3-7-14/h13-15H,1-9,11-12,19H2,(H3,20,21,22)/t13-,15+/m1/s1. The van der Waals surface area contributed by atoms with E-state index in [0.717, 1.165) is 19.3 Å². The summed E-state index contributed by atoms with van der Waals surface area (Å²) >= 11 is 1.55. The highest BCUT2D eigenvalue weighted by atomic mass is 32.2. The number of sulfonamides is 1. The van der Waals surface area contributed by atoms with E-state index in [1.54, 1.807) is 11.8 Å². The zero-order valence-corrected chi connectivity index (χ0v) is 17.7. The van der Waals surface area contributed by atoms with E-state index in [4.69, 9.17) is 16.7 Å². The number of hydrogen-bond acceptors (Lipinski definition) is 7. The molecule has 0 aromatic carbocycles. The Morgan fingerprint density at radius 1 is 1.32 bits per heavy atom. The number of rotatable bonds is 8. The average Bonchev–Trinajstić information content (AvgIpc) is 3.16. The van der Waals surface area contributed by atoms with Crippen molar-refractivity contribution < 1.29 is 13.2 Å². The largest absolute Gasteiger partial charge is 0.369 e. The number of thioether (sulfide) groups is 1. The first kappa shape index (κ1) is 22.8. The van der Waals surface area contributed by atoms with Gasteiger partial charge in [0.15, 0.2) is 0 Å². The smallest absolute Gasteiger partial charge is 0.241 e. The third-order valence-electron chi connectivity index (χ3n) is 5.07. The van der Waals surface area contributed by atoms with Crippen molar-refractivity contribution in [2.75, 3.05) is 18.2 Å². The Balaban J connectivity index is 1.68. The fourth-order valence-corrected chi connectivity index (χ4v) is 5.98. The first-order chi connectivity index (χ1) is 13.3. The number of aliphatic imine (C=N–C) groups is 1. The Morgan fingerprint density at radius 2 is 2.04 bits per heavy atom. The second-order valence-electron chi connectivity index (χ2n) is 7.23. The second-order valence-corrected chi connectivity index (χ2v) is 10.2. The monoisotopic (exact) mass is 430 g/mol. The number of nitrogens with zero attached hydrogens (tertiary/aromatic N) is 3. The number of nitrogens with one attached hydrogen (secondary N) is 1. The van der Waals surface area contributed by atoms with E-state index < -0.39 is 22.1 Å². The molecule has 5 N–H and O–H groups in total. The predicted octanol–water partition coefficient (Wildman–Crippen LogP) is 0.476. The lowest BCUT2D eigenvalue weighted by atomic mass is 10.0. The summed E-state index contributed by atoms with van der Waals surface area (Å²) in [6.45, 7) is 0.361. The van der Waals surface area contributed by atoms with Gasteiger partial charge in [-0.1, -0.05) is 19.3 Å². The molecule has 1 aliphatic carbocycles. The van der Waals surface area contributed by atoms with Gasteiger partial charge in [0.1, 0.15) is 6.04 Å². The van der Waals surface area contributed by atoms with Gasteiger partial charge in [-0.05, 0) is 32.1 Å². The number of carbonyl (C=O) groups is 1. The zero-order valence-electron chi connectivity index (χ0n) is 16.0. The molecule has 1 saturated heterocycles. The lowest BCUT2D eigenvalue weighted by Crippen LogP contribution is -2.46. The van der Waals surface area contributed by atoms with Crippen LogP contribution in [-0.4, -0.2) is 60.7 Å². The topological polar surface area (TPSA) is 155 Å². The molecular weight excluding hydrogens is 400 g/mol. The molecule has 0 radical (unpaired) electrons. The van der Waals surface area contributed by atoms with Gasteiger partial charge < -0.3 is 16.4 Å². The number of unbranched alkanes of at least 4 members (excludes halogenated alkanes) is 1. The highest BCUT2D eigenvalue weighted by molar-refractivity contribution is 7.99. The van der Waals surface area contributed by atoms with Gasteiger partial charge in [-0.15, -0.1) is 11.8 Å². The van der Waals surface area contributed by atoms with Crippen molar-refractivity contribution in [3.63, 3.8) is 0 Å². The van der Waals surface area contributed by atoms with Crippen LogP contribution in [0.4, 0.5) is 0 Å². The minimum Gasteiger partial charge on any atom is -0.369 e. The molecule has 0 unspecified atom stereocenters. The van der Waals surface area contributed by atoms with E-state index in [1.165, 1.54) is 4.90 Å². The summed E-state index contributed by atoms with van der Waals surface area (Å²) < 4.78 is 26.9. The van der Waals surface area contributed by atoms with Crippen molar-refractivity contribution in [1.29, 1.82) is 5.26 Å². The quantitative estimate of drug-likeness (QED) is 0.287. The van der Waals surface area contributed by atoms with Crippen LogP contribution in [0.25, 0.3) is 0 Å². The molecule has 1 amide bonds. The van der Waals surface area contributed by atoms with Crippen molar-refractivity contribution in [2.45, 2.75) is 68.7 Å². The first-order valence-electron chi connectivity index (χ1n) is 9.70. The number of nitriles is 1. The Kier molecular flexibility index (Phi) is 8.85. The SMILES string of the molecule is N#C[C@@H]1CSCN1C(=O)[C@@H](N)CCCCN=C(N)NS(=O)(=O)C1CCCCC1. The van der Waals surface area contributed by atoms with Gasteiger partial charge in [0.05, 0.1) is 23.2 Å². The number of hydrogen-bond donors (Lipinski definition) is 3. The summed E-state index contributed by atoms with van der Waals surface area (Å²) in [5, 5.41) is 8.67. The van der Waals surface area contributed by atoms with Crippen molar-refractivity contribution >= 4 is 33.7 Å². The van der Waals surface area contributed by atoms with Gasteiger partial charge in [0, 0.05) is 12.3 Å². The number of nitrogens with two attached hydrogens (primary N) is 2. The number of amides is 1. The molecule has 9 nitrogen and oxygen atoms in total. The van der Waals surface area contributed by atoms with Gasteiger partial charge in [-0.3, -0.25) is 14.5 Å². The molecule has 0 bridgehead atoms. The highest BCUT2D eigenvalue weighted by Gasteiger charge is 2.32. The Labute approximate surface area is 171 Å². The maximum absolute atomic E-state index is 12.3. The molecule has 1 aliphatic heterocycles.